The summed E-state index contributed by atoms with van der Waals surface area (Å²) < 4.78 is 0.878. The highest BCUT2D eigenvalue weighted by Gasteiger charge is 2.15. The first-order chi connectivity index (χ1) is 18.3. The van der Waals surface area contributed by atoms with Crippen LogP contribution < -0.4 is 10.7 Å². The van der Waals surface area contributed by atoms with E-state index in [0.29, 0.717) is 16.8 Å². The van der Waals surface area contributed by atoms with Crippen molar-refractivity contribution in [3.05, 3.63) is 98.1 Å². The fraction of sp³-hybridized carbons (Fsp3) is 0.300. The van der Waals surface area contributed by atoms with Crippen LogP contribution in [-0.4, -0.2) is 61.1 Å². The fourth-order valence-electron chi connectivity index (χ4n) is 3.94. The second kappa shape index (κ2) is 14.8. The molecule has 0 fully saturated rings. The molecule has 2 N–H and O–H groups in total. The molecule has 7 nitrogen and oxygen atoms in total. The Labute approximate surface area is 239 Å². The first kappa shape index (κ1) is 29.5. The van der Waals surface area contributed by atoms with Crippen molar-refractivity contribution in [2.75, 3.05) is 38.5 Å². The summed E-state index contributed by atoms with van der Waals surface area (Å²) in [6.07, 6.45) is 1.59. The maximum Gasteiger partial charge on any atom is 0.273 e. The number of hydrogen-bond acceptors (Lipinski definition) is 5. The standard InChI is InChI=1S/C30H36IN5O2/c1-5-36(6-2)17-16-35(4)21-24-8-7-9-25(18-24)29(37)33-28-15-14-26(31)19-27(28)30(38)34-32-20-23-12-10-22(3)11-13-23/h7-15,18-20H,5-6,16-17,21H2,1-4H3,(H,33,37)(H,34,38)/b32-20+. The number of nitrogens with zero attached hydrogens (tertiary/aromatic N) is 3. The lowest BCUT2D eigenvalue weighted by Crippen LogP contribution is -2.32. The Hall–Kier alpha value is -3.08. The highest BCUT2D eigenvalue weighted by atomic mass is 127. The van der Waals surface area contributed by atoms with Crippen LogP contribution >= 0.6 is 22.6 Å². The molecule has 2 amide bonds. The zero-order chi connectivity index (χ0) is 27.5. The predicted octanol–water partition coefficient (Wildman–Crippen LogP) is 5.39. The van der Waals surface area contributed by atoms with Gasteiger partial charge in [-0.25, -0.2) is 5.43 Å². The lowest BCUT2D eigenvalue weighted by molar-refractivity contribution is 0.0956. The van der Waals surface area contributed by atoms with E-state index in [4.69, 9.17) is 0 Å². The van der Waals surface area contributed by atoms with E-state index in [0.717, 1.165) is 53.0 Å². The molecule has 0 heterocycles. The Morgan fingerprint density at radius 1 is 0.947 bits per heavy atom. The Morgan fingerprint density at radius 3 is 2.39 bits per heavy atom. The Bertz CT molecular complexity index is 1260. The van der Waals surface area contributed by atoms with Gasteiger partial charge in [-0.05, 0) is 91.1 Å². The molecule has 38 heavy (non-hydrogen) atoms. The molecule has 0 aliphatic carbocycles. The number of amides is 2. The molecule has 0 unspecified atom stereocenters. The third-order valence-corrected chi connectivity index (χ3v) is 6.94. The van der Waals surface area contributed by atoms with Gasteiger partial charge in [0.05, 0.1) is 17.5 Å². The van der Waals surface area contributed by atoms with Crippen LogP contribution in [-0.2, 0) is 6.54 Å². The second-order valence-electron chi connectivity index (χ2n) is 9.22. The zero-order valence-electron chi connectivity index (χ0n) is 22.5. The second-order valence-corrected chi connectivity index (χ2v) is 10.5. The number of benzene rings is 3. The summed E-state index contributed by atoms with van der Waals surface area (Å²) in [5.41, 5.74) is 6.98. The van der Waals surface area contributed by atoms with Crippen molar-refractivity contribution < 1.29 is 9.59 Å². The van der Waals surface area contributed by atoms with E-state index in [1.54, 1.807) is 24.4 Å². The van der Waals surface area contributed by atoms with Gasteiger partial charge in [-0.2, -0.15) is 5.10 Å². The van der Waals surface area contributed by atoms with Gasteiger partial charge in [0, 0.05) is 28.8 Å². The van der Waals surface area contributed by atoms with Gasteiger partial charge < -0.3 is 15.1 Å². The number of anilines is 1. The van der Waals surface area contributed by atoms with Crippen LogP contribution in [0.3, 0.4) is 0 Å². The third kappa shape index (κ3) is 9.04. The van der Waals surface area contributed by atoms with Gasteiger partial charge in [0.25, 0.3) is 11.8 Å². The molecule has 0 radical (unpaired) electrons. The van der Waals surface area contributed by atoms with Crippen molar-refractivity contribution in [1.82, 2.24) is 15.2 Å². The number of likely N-dealkylation sites (N-methyl/N-ethyl adjacent to an activating group) is 2. The number of carbonyl (C=O) groups is 2. The van der Waals surface area contributed by atoms with Gasteiger partial charge >= 0.3 is 0 Å². The Morgan fingerprint density at radius 2 is 1.68 bits per heavy atom. The van der Waals surface area contributed by atoms with Gasteiger partial charge in [-0.15, -0.1) is 0 Å². The number of halogens is 1. The predicted molar refractivity (Wildman–Crippen MR) is 164 cm³/mol. The molecular formula is C30H36IN5O2. The molecule has 0 saturated carbocycles. The molecule has 8 heteroatoms. The van der Waals surface area contributed by atoms with Crippen LogP contribution in [0.2, 0.25) is 0 Å². The first-order valence-corrected chi connectivity index (χ1v) is 13.9. The average molecular weight is 626 g/mol. The quantitative estimate of drug-likeness (QED) is 0.161. The van der Waals surface area contributed by atoms with Crippen LogP contribution in [0.25, 0.3) is 0 Å². The van der Waals surface area contributed by atoms with Gasteiger partial charge in [0.2, 0.25) is 0 Å². The van der Waals surface area contributed by atoms with E-state index in [1.807, 2.05) is 55.5 Å². The number of nitrogens with one attached hydrogen (secondary N) is 2. The number of hydrogen-bond donors (Lipinski definition) is 2. The fourth-order valence-corrected chi connectivity index (χ4v) is 4.43. The van der Waals surface area contributed by atoms with Crippen LogP contribution in [0, 0.1) is 10.5 Å². The minimum absolute atomic E-state index is 0.268. The normalized spacial score (nSPS) is 11.3. The van der Waals surface area contributed by atoms with Gasteiger partial charge in [-0.1, -0.05) is 55.8 Å². The zero-order valence-corrected chi connectivity index (χ0v) is 24.7. The van der Waals surface area contributed by atoms with E-state index in [1.165, 1.54) is 0 Å². The van der Waals surface area contributed by atoms with E-state index >= 15 is 0 Å². The van der Waals surface area contributed by atoms with Crippen LogP contribution in [0.5, 0.6) is 0 Å². The average Bonchev–Trinajstić information content (AvgIpc) is 2.91. The Kier molecular flexibility index (Phi) is 11.4. The summed E-state index contributed by atoms with van der Waals surface area (Å²) in [5.74, 6) is -0.665. The molecule has 0 spiro atoms. The highest BCUT2D eigenvalue weighted by molar-refractivity contribution is 14.1. The molecule has 0 aliphatic heterocycles. The van der Waals surface area contributed by atoms with Gasteiger partial charge in [0.1, 0.15) is 0 Å². The minimum Gasteiger partial charge on any atom is -0.321 e. The molecule has 0 saturated heterocycles. The number of hydrazone groups is 1. The van der Waals surface area contributed by atoms with E-state index < -0.39 is 5.91 Å². The van der Waals surface area contributed by atoms with E-state index in [-0.39, 0.29) is 5.91 Å². The molecule has 200 valence electrons. The summed E-state index contributed by atoms with van der Waals surface area (Å²) >= 11 is 2.14. The minimum atomic E-state index is -0.397. The van der Waals surface area contributed by atoms with E-state index in [9.17, 15) is 9.59 Å². The monoisotopic (exact) mass is 625 g/mol. The largest absolute Gasteiger partial charge is 0.321 e. The van der Waals surface area contributed by atoms with Gasteiger partial charge in [-0.3, -0.25) is 9.59 Å². The number of aryl methyl sites for hydroxylation is 1. The SMILES string of the molecule is CCN(CC)CCN(C)Cc1cccc(C(=O)Nc2ccc(I)cc2C(=O)N/N=C/c2ccc(C)cc2)c1. The molecule has 0 aliphatic rings. The molecule has 3 rings (SSSR count). The Balaban J connectivity index is 1.66. The molecule has 0 aromatic heterocycles. The van der Waals surface area contributed by atoms with Crippen LogP contribution in [0.4, 0.5) is 5.69 Å². The highest BCUT2D eigenvalue weighted by Crippen LogP contribution is 2.20. The van der Waals surface area contributed by atoms with E-state index in [2.05, 4.69) is 69.1 Å². The molecule has 0 bridgehead atoms. The van der Waals surface area contributed by atoms with Crippen molar-refractivity contribution in [1.29, 1.82) is 0 Å². The summed E-state index contributed by atoms with van der Waals surface area (Å²) in [7, 11) is 2.09. The third-order valence-electron chi connectivity index (χ3n) is 6.27. The van der Waals surface area contributed by atoms with Crippen molar-refractivity contribution in [2.45, 2.75) is 27.3 Å². The van der Waals surface area contributed by atoms with Crippen molar-refractivity contribution >= 4 is 46.3 Å². The lowest BCUT2D eigenvalue weighted by atomic mass is 10.1. The number of rotatable bonds is 12. The molecule has 3 aromatic carbocycles. The summed E-state index contributed by atoms with van der Waals surface area (Å²) in [4.78, 5) is 30.7. The van der Waals surface area contributed by atoms with Crippen LogP contribution in [0.1, 0.15) is 51.3 Å². The lowest BCUT2D eigenvalue weighted by Gasteiger charge is -2.23. The molecule has 3 aromatic rings. The van der Waals surface area contributed by atoms with Crippen LogP contribution in [0.15, 0.2) is 71.8 Å². The summed E-state index contributed by atoms with van der Waals surface area (Å²) in [5, 5.41) is 6.99. The van der Waals surface area contributed by atoms with Crippen molar-refractivity contribution in [3.8, 4) is 0 Å². The summed E-state index contributed by atoms with van der Waals surface area (Å²) in [6.45, 7) is 11.1. The van der Waals surface area contributed by atoms with Crippen molar-refractivity contribution in [2.24, 2.45) is 5.10 Å². The number of carbonyl (C=O) groups excluding carboxylic acids is 2. The molecule has 0 atom stereocenters. The van der Waals surface area contributed by atoms with Crippen molar-refractivity contribution in [3.63, 3.8) is 0 Å². The first-order valence-electron chi connectivity index (χ1n) is 12.8. The van der Waals surface area contributed by atoms with Gasteiger partial charge in [0.15, 0.2) is 0 Å². The smallest absolute Gasteiger partial charge is 0.273 e. The topological polar surface area (TPSA) is 77.0 Å². The maximum atomic E-state index is 13.1. The maximum absolute atomic E-state index is 13.1. The molecular weight excluding hydrogens is 589 g/mol. The summed E-state index contributed by atoms with van der Waals surface area (Å²) in [6, 6.07) is 20.8.